The molecule has 0 aromatic heterocycles. The van der Waals surface area contributed by atoms with Crippen LogP contribution in [0.4, 0.5) is 14.9 Å². The first kappa shape index (κ1) is 14.8. The third-order valence-electron chi connectivity index (χ3n) is 2.78. The Morgan fingerprint density at radius 1 is 1.00 bits per heavy atom. The monoisotopic (exact) mass is 288 g/mol. The molecule has 0 atom stereocenters. The summed E-state index contributed by atoms with van der Waals surface area (Å²) in [6.45, 7) is 1.19. The van der Waals surface area contributed by atoms with E-state index in [0.717, 1.165) is 11.3 Å². The zero-order valence-electron chi connectivity index (χ0n) is 11.5. The molecular weight excluding hydrogens is 271 g/mol. The number of amides is 1. The minimum atomic E-state index is -0.491. The molecule has 0 unspecified atom stereocenters. The second-order valence-corrected chi connectivity index (χ2v) is 4.42. The Bertz CT molecular complexity index is 558. The minimum Gasteiger partial charge on any atom is -0.445 e. The first-order valence-corrected chi connectivity index (χ1v) is 6.68. The van der Waals surface area contributed by atoms with E-state index in [1.54, 1.807) is 12.1 Å². The van der Waals surface area contributed by atoms with Crippen LogP contribution in [0.2, 0.25) is 0 Å². The lowest BCUT2D eigenvalue weighted by molar-refractivity contribution is 0.140. The first-order valence-electron chi connectivity index (χ1n) is 6.68. The van der Waals surface area contributed by atoms with Crippen molar-refractivity contribution in [3.63, 3.8) is 0 Å². The zero-order valence-corrected chi connectivity index (χ0v) is 11.5. The van der Waals surface area contributed by atoms with Gasteiger partial charge in [0.1, 0.15) is 12.4 Å². The number of para-hydroxylation sites is 1. The van der Waals surface area contributed by atoms with Crippen LogP contribution in [-0.2, 0) is 11.3 Å². The lowest BCUT2D eigenvalue weighted by Gasteiger charge is -2.08. The van der Waals surface area contributed by atoms with Crippen LogP contribution in [0.25, 0.3) is 0 Å². The Balaban J connectivity index is 1.60. The lowest BCUT2D eigenvalue weighted by atomic mass is 10.2. The largest absolute Gasteiger partial charge is 0.445 e. The normalized spacial score (nSPS) is 9.95. The molecule has 0 radical (unpaired) electrons. The summed E-state index contributed by atoms with van der Waals surface area (Å²) in [4.78, 5) is 11.5. The van der Waals surface area contributed by atoms with Crippen molar-refractivity contribution >= 4 is 11.8 Å². The first-order chi connectivity index (χ1) is 10.2. The molecule has 0 bridgehead atoms. The molecule has 5 heteroatoms. The van der Waals surface area contributed by atoms with E-state index in [-0.39, 0.29) is 12.4 Å². The molecule has 0 spiro atoms. The molecule has 1 amide bonds. The number of anilines is 1. The van der Waals surface area contributed by atoms with Gasteiger partial charge in [-0.15, -0.1) is 0 Å². The maximum atomic E-state index is 12.7. The number of halogens is 1. The molecule has 2 N–H and O–H groups in total. The highest BCUT2D eigenvalue weighted by Crippen LogP contribution is 2.04. The van der Waals surface area contributed by atoms with E-state index in [1.165, 1.54) is 12.1 Å². The summed E-state index contributed by atoms with van der Waals surface area (Å²) in [5, 5.41) is 5.80. The summed E-state index contributed by atoms with van der Waals surface area (Å²) in [5.41, 5.74) is 1.74. The number of ether oxygens (including phenoxy) is 1. The number of hydrogen-bond acceptors (Lipinski definition) is 3. The van der Waals surface area contributed by atoms with Crippen molar-refractivity contribution in [2.75, 3.05) is 18.4 Å². The molecule has 0 heterocycles. The van der Waals surface area contributed by atoms with Crippen LogP contribution in [0.3, 0.4) is 0 Å². The number of carbonyl (C=O) groups excluding carboxylic acids is 1. The van der Waals surface area contributed by atoms with Crippen molar-refractivity contribution in [1.82, 2.24) is 5.32 Å². The molecule has 21 heavy (non-hydrogen) atoms. The predicted molar refractivity (Wildman–Crippen MR) is 79.5 cm³/mol. The Hall–Kier alpha value is -2.56. The summed E-state index contributed by atoms with van der Waals surface area (Å²) < 4.78 is 17.7. The molecule has 2 rings (SSSR count). The fourth-order valence-corrected chi connectivity index (χ4v) is 1.71. The van der Waals surface area contributed by atoms with Gasteiger partial charge in [0.05, 0.1) is 0 Å². The second kappa shape index (κ2) is 7.89. The maximum absolute atomic E-state index is 12.7. The van der Waals surface area contributed by atoms with Gasteiger partial charge in [-0.05, 0) is 29.8 Å². The van der Waals surface area contributed by atoms with Gasteiger partial charge in [-0.3, -0.25) is 0 Å². The topological polar surface area (TPSA) is 50.4 Å². The Labute approximate surface area is 122 Å². The van der Waals surface area contributed by atoms with Crippen molar-refractivity contribution in [2.45, 2.75) is 6.61 Å². The summed E-state index contributed by atoms with van der Waals surface area (Å²) in [5.74, 6) is -0.310. The van der Waals surface area contributed by atoms with Crippen molar-refractivity contribution in [3.8, 4) is 0 Å². The van der Waals surface area contributed by atoms with Gasteiger partial charge in [-0.25, -0.2) is 9.18 Å². The second-order valence-electron chi connectivity index (χ2n) is 4.42. The number of rotatable bonds is 6. The Kier molecular flexibility index (Phi) is 5.58. The standard InChI is InChI=1S/C16H17FN2O2/c17-14-8-6-13(7-9-14)12-21-16(20)19-11-10-18-15-4-2-1-3-5-15/h1-9,18H,10-12H2,(H,19,20). The van der Waals surface area contributed by atoms with Crippen LogP contribution >= 0.6 is 0 Å². The SMILES string of the molecule is O=C(NCCNc1ccccc1)OCc1ccc(F)cc1. The number of hydrogen-bond donors (Lipinski definition) is 2. The summed E-state index contributed by atoms with van der Waals surface area (Å²) in [6.07, 6.45) is -0.491. The average Bonchev–Trinajstić information content (AvgIpc) is 2.52. The van der Waals surface area contributed by atoms with Crippen molar-refractivity contribution in [3.05, 3.63) is 66.0 Å². The molecule has 0 saturated heterocycles. The van der Waals surface area contributed by atoms with Crippen molar-refractivity contribution < 1.29 is 13.9 Å². The number of alkyl carbamates (subject to hydrolysis) is 1. The molecule has 110 valence electrons. The summed E-state index contributed by atoms with van der Waals surface area (Å²) in [7, 11) is 0. The van der Waals surface area contributed by atoms with Gasteiger partial charge in [-0.1, -0.05) is 30.3 Å². The molecule has 2 aromatic rings. The smallest absolute Gasteiger partial charge is 0.407 e. The Morgan fingerprint density at radius 3 is 2.43 bits per heavy atom. The number of nitrogens with one attached hydrogen (secondary N) is 2. The zero-order chi connectivity index (χ0) is 14.9. The fourth-order valence-electron chi connectivity index (χ4n) is 1.71. The molecule has 0 aliphatic heterocycles. The maximum Gasteiger partial charge on any atom is 0.407 e. The van der Waals surface area contributed by atoms with Gasteiger partial charge in [0.2, 0.25) is 0 Å². The van der Waals surface area contributed by atoms with Crippen LogP contribution in [0, 0.1) is 5.82 Å². The van der Waals surface area contributed by atoms with Crippen LogP contribution < -0.4 is 10.6 Å². The van der Waals surface area contributed by atoms with Crippen LogP contribution in [0.5, 0.6) is 0 Å². The van der Waals surface area contributed by atoms with Gasteiger partial charge >= 0.3 is 6.09 Å². The predicted octanol–water partition coefficient (Wildman–Crippen LogP) is 3.16. The van der Waals surface area contributed by atoms with Gasteiger partial charge < -0.3 is 15.4 Å². The average molecular weight is 288 g/mol. The van der Waals surface area contributed by atoms with E-state index >= 15 is 0 Å². The van der Waals surface area contributed by atoms with Gasteiger partial charge in [-0.2, -0.15) is 0 Å². The van der Waals surface area contributed by atoms with E-state index < -0.39 is 6.09 Å². The van der Waals surface area contributed by atoms with Gasteiger partial charge in [0.25, 0.3) is 0 Å². The number of benzene rings is 2. The highest BCUT2D eigenvalue weighted by Gasteiger charge is 2.02. The highest BCUT2D eigenvalue weighted by molar-refractivity contribution is 5.67. The van der Waals surface area contributed by atoms with E-state index in [0.29, 0.717) is 13.1 Å². The summed E-state index contributed by atoms with van der Waals surface area (Å²) in [6, 6.07) is 15.6. The van der Waals surface area contributed by atoms with Crippen LogP contribution in [-0.4, -0.2) is 19.2 Å². The van der Waals surface area contributed by atoms with Gasteiger partial charge in [0.15, 0.2) is 0 Å². The number of carbonyl (C=O) groups is 1. The fraction of sp³-hybridized carbons (Fsp3) is 0.188. The van der Waals surface area contributed by atoms with Crippen molar-refractivity contribution in [2.24, 2.45) is 0 Å². The van der Waals surface area contributed by atoms with Crippen LogP contribution in [0.15, 0.2) is 54.6 Å². The molecular formula is C16H17FN2O2. The molecule has 0 aliphatic carbocycles. The van der Waals surface area contributed by atoms with Crippen LogP contribution in [0.1, 0.15) is 5.56 Å². The quantitative estimate of drug-likeness (QED) is 0.803. The van der Waals surface area contributed by atoms with Gasteiger partial charge in [0, 0.05) is 18.8 Å². The van der Waals surface area contributed by atoms with E-state index in [1.807, 2.05) is 30.3 Å². The minimum absolute atomic E-state index is 0.123. The summed E-state index contributed by atoms with van der Waals surface area (Å²) >= 11 is 0. The Morgan fingerprint density at radius 2 is 1.71 bits per heavy atom. The van der Waals surface area contributed by atoms with E-state index in [2.05, 4.69) is 10.6 Å². The third kappa shape index (κ3) is 5.52. The van der Waals surface area contributed by atoms with Crippen molar-refractivity contribution in [1.29, 1.82) is 0 Å². The molecule has 0 saturated carbocycles. The highest BCUT2D eigenvalue weighted by atomic mass is 19.1. The van der Waals surface area contributed by atoms with E-state index in [9.17, 15) is 9.18 Å². The molecule has 0 aliphatic rings. The molecule has 0 fully saturated rings. The molecule has 4 nitrogen and oxygen atoms in total. The lowest BCUT2D eigenvalue weighted by Crippen LogP contribution is -2.29. The third-order valence-corrected chi connectivity index (χ3v) is 2.78. The molecule has 2 aromatic carbocycles. The van der Waals surface area contributed by atoms with E-state index in [4.69, 9.17) is 4.74 Å².